The molecule has 1 fully saturated rings. The zero-order chi connectivity index (χ0) is 21.1. The molecule has 0 aliphatic carbocycles. The van der Waals surface area contributed by atoms with Gasteiger partial charge in [-0.2, -0.15) is 5.06 Å². The minimum Gasteiger partial charge on any atom is -0.348 e. The van der Waals surface area contributed by atoms with Crippen LogP contribution in [0, 0.1) is 0 Å². The molecule has 1 aliphatic heterocycles. The van der Waals surface area contributed by atoms with Crippen LogP contribution in [0.1, 0.15) is 19.4 Å². The SMILES string of the molecule is C=C[C@H]([C@H]([C@H]1COC(C)(C)O1)N(O)Cc1ccccc1)S(=O)(=O)c1ccccc1. The highest BCUT2D eigenvalue weighted by atomic mass is 32.2. The third-order valence-corrected chi connectivity index (χ3v) is 7.06. The molecule has 0 bridgehead atoms. The van der Waals surface area contributed by atoms with E-state index in [0.717, 1.165) is 10.6 Å². The van der Waals surface area contributed by atoms with Gasteiger partial charge in [0.2, 0.25) is 0 Å². The van der Waals surface area contributed by atoms with Crippen LogP contribution in [0.15, 0.2) is 78.2 Å². The number of nitrogens with zero attached hydrogens (tertiary/aromatic N) is 1. The quantitative estimate of drug-likeness (QED) is 0.524. The second kappa shape index (κ2) is 8.77. The van der Waals surface area contributed by atoms with Gasteiger partial charge in [0, 0.05) is 6.54 Å². The topological polar surface area (TPSA) is 76.1 Å². The van der Waals surface area contributed by atoms with E-state index in [9.17, 15) is 13.6 Å². The summed E-state index contributed by atoms with van der Waals surface area (Å²) in [6, 6.07) is 16.6. The molecular formula is C22H27NO5S. The molecule has 2 aromatic carbocycles. The maximum Gasteiger partial charge on any atom is 0.186 e. The maximum absolute atomic E-state index is 13.4. The Bertz CT molecular complexity index is 915. The van der Waals surface area contributed by atoms with Crippen LogP contribution in [0.2, 0.25) is 0 Å². The van der Waals surface area contributed by atoms with Crippen molar-refractivity contribution in [2.24, 2.45) is 0 Å². The normalized spacial score (nSPS) is 21.0. The minimum absolute atomic E-state index is 0.139. The number of ether oxygens (including phenoxy) is 2. The van der Waals surface area contributed by atoms with Gasteiger partial charge in [-0.1, -0.05) is 54.6 Å². The molecule has 156 valence electrons. The van der Waals surface area contributed by atoms with Crippen LogP contribution < -0.4 is 0 Å². The molecule has 6 nitrogen and oxygen atoms in total. The molecule has 0 aromatic heterocycles. The van der Waals surface area contributed by atoms with E-state index in [4.69, 9.17) is 9.47 Å². The Labute approximate surface area is 172 Å². The fraction of sp³-hybridized carbons (Fsp3) is 0.364. The van der Waals surface area contributed by atoms with Gasteiger partial charge >= 0.3 is 0 Å². The second-order valence-electron chi connectivity index (χ2n) is 7.50. The molecule has 7 heteroatoms. The third-order valence-electron chi connectivity index (χ3n) is 4.94. The van der Waals surface area contributed by atoms with Crippen LogP contribution in [0.25, 0.3) is 0 Å². The Kier molecular flexibility index (Phi) is 6.55. The van der Waals surface area contributed by atoms with E-state index < -0.39 is 33.0 Å². The van der Waals surface area contributed by atoms with Crippen molar-refractivity contribution in [2.45, 2.75) is 48.5 Å². The van der Waals surface area contributed by atoms with Gasteiger partial charge in [-0.05, 0) is 31.5 Å². The Morgan fingerprint density at radius 2 is 1.76 bits per heavy atom. The molecule has 1 N–H and O–H groups in total. The average Bonchev–Trinajstić information content (AvgIpc) is 3.06. The summed E-state index contributed by atoms with van der Waals surface area (Å²) in [5.74, 6) is -0.862. The highest BCUT2D eigenvalue weighted by molar-refractivity contribution is 7.92. The third kappa shape index (κ3) is 4.94. The number of hydroxylamine groups is 2. The van der Waals surface area contributed by atoms with Crippen molar-refractivity contribution in [3.05, 3.63) is 78.9 Å². The molecule has 0 amide bonds. The predicted octanol–water partition coefficient (Wildman–Crippen LogP) is 3.43. The van der Waals surface area contributed by atoms with E-state index in [0.29, 0.717) is 0 Å². The Hall–Kier alpha value is -2.03. The standard InChI is InChI=1S/C22H27NO5S/c1-4-20(29(25,26)18-13-9-6-10-14-18)21(19-16-27-22(2,3)28-19)23(24)15-17-11-7-5-8-12-17/h4-14,19-21,24H,1,15-16H2,2-3H3/t19-,20-,21+/m1/s1. The number of rotatable bonds is 8. The van der Waals surface area contributed by atoms with Crippen molar-refractivity contribution >= 4 is 9.84 Å². The van der Waals surface area contributed by atoms with E-state index in [-0.39, 0.29) is 18.0 Å². The largest absolute Gasteiger partial charge is 0.348 e. The highest BCUT2D eigenvalue weighted by Crippen LogP contribution is 2.32. The molecule has 0 spiro atoms. The van der Waals surface area contributed by atoms with Crippen molar-refractivity contribution in [2.75, 3.05) is 6.61 Å². The van der Waals surface area contributed by atoms with Crippen molar-refractivity contribution < 1.29 is 23.1 Å². The summed E-state index contributed by atoms with van der Waals surface area (Å²) < 4.78 is 38.4. The van der Waals surface area contributed by atoms with Gasteiger partial charge in [-0.25, -0.2) is 8.42 Å². The van der Waals surface area contributed by atoms with Gasteiger partial charge in [0.05, 0.1) is 17.5 Å². The number of sulfone groups is 1. The van der Waals surface area contributed by atoms with E-state index >= 15 is 0 Å². The van der Waals surface area contributed by atoms with Crippen LogP contribution in [0.5, 0.6) is 0 Å². The van der Waals surface area contributed by atoms with Crippen molar-refractivity contribution in [3.63, 3.8) is 0 Å². The zero-order valence-electron chi connectivity index (χ0n) is 16.6. The average molecular weight is 418 g/mol. The first-order chi connectivity index (χ1) is 13.7. The van der Waals surface area contributed by atoms with Gasteiger partial charge in [0.25, 0.3) is 0 Å². The van der Waals surface area contributed by atoms with Gasteiger partial charge in [0.15, 0.2) is 15.6 Å². The first-order valence-corrected chi connectivity index (χ1v) is 11.0. The highest BCUT2D eigenvalue weighted by Gasteiger charge is 2.46. The van der Waals surface area contributed by atoms with Crippen LogP contribution in [0.4, 0.5) is 0 Å². The van der Waals surface area contributed by atoms with Gasteiger partial charge in [0.1, 0.15) is 11.4 Å². The van der Waals surface area contributed by atoms with E-state index in [1.54, 1.807) is 32.0 Å². The molecule has 0 unspecified atom stereocenters. The van der Waals surface area contributed by atoms with Crippen LogP contribution in [0.3, 0.4) is 0 Å². The number of hydrogen-bond acceptors (Lipinski definition) is 6. The van der Waals surface area contributed by atoms with E-state index in [1.165, 1.54) is 18.2 Å². The molecule has 3 atom stereocenters. The second-order valence-corrected chi connectivity index (χ2v) is 9.61. The molecular weight excluding hydrogens is 390 g/mol. The van der Waals surface area contributed by atoms with E-state index in [1.807, 2.05) is 30.3 Å². The summed E-state index contributed by atoms with van der Waals surface area (Å²) in [5.41, 5.74) is 0.845. The van der Waals surface area contributed by atoms with Crippen molar-refractivity contribution in [1.82, 2.24) is 5.06 Å². The fourth-order valence-electron chi connectivity index (χ4n) is 3.55. The lowest BCUT2D eigenvalue weighted by Crippen LogP contribution is -2.52. The Morgan fingerprint density at radius 1 is 1.17 bits per heavy atom. The lowest BCUT2D eigenvalue weighted by atomic mass is 10.1. The Balaban J connectivity index is 1.97. The molecule has 0 saturated carbocycles. The molecule has 1 saturated heterocycles. The lowest BCUT2D eigenvalue weighted by Gasteiger charge is -2.35. The van der Waals surface area contributed by atoms with Crippen molar-refractivity contribution in [3.8, 4) is 0 Å². The number of benzene rings is 2. The molecule has 1 aliphatic rings. The zero-order valence-corrected chi connectivity index (χ0v) is 17.5. The molecule has 1 heterocycles. The van der Waals surface area contributed by atoms with E-state index in [2.05, 4.69) is 6.58 Å². The van der Waals surface area contributed by atoms with Crippen LogP contribution in [-0.2, 0) is 25.9 Å². The van der Waals surface area contributed by atoms with Crippen molar-refractivity contribution in [1.29, 1.82) is 0 Å². The Morgan fingerprint density at radius 3 is 2.28 bits per heavy atom. The van der Waals surface area contributed by atoms with Gasteiger partial charge in [-0.15, -0.1) is 6.58 Å². The molecule has 0 radical (unpaired) electrons. The van der Waals surface area contributed by atoms with Crippen LogP contribution >= 0.6 is 0 Å². The first-order valence-electron chi connectivity index (χ1n) is 9.47. The molecule has 3 rings (SSSR count). The minimum atomic E-state index is -3.82. The molecule has 2 aromatic rings. The maximum atomic E-state index is 13.4. The summed E-state index contributed by atoms with van der Waals surface area (Å²) in [6.45, 7) is 7.58. The van der Waals surface area contributed by atoms with Crippen LogP contribution in [-0.4, -0.2) is 48.5 Å². The lowest BCUT2D eigenvalue weighted by molar-refractivity contribution is -0.187. The molecule has 29 heavy (non-hydrogen) atoms. The van der Waals surface area contributed by atoms with Gasteiger partial charge < -0.3 is 14.7 Å². The predicted molar refractivity (Wildman–Crippen MR) is 110 cm³/mol. The summed E-state index contributed by atoms with van der Waals surface area (Å²) in [6.07, 6.45) is 0.704. The summed E-state index contributed by atoms with van der Waals surface area (Å²) in [4.78, 5) is 0.168. The summed E-state index contributed by atoms with van der Waals surface area (Å²) >= 11 is 0. The van der Waals surface area contributed by atoms with Gasteiger partial charge in [-0.3, -0.25) is 0 Å². The number of hydrogen-bond donors (Lipinski definition) is 1. The first kappa shape index (κ1) is 21.7. The summed E-state index contributed by atoms with van der Waals surface area (Å²) in [7, 11) is -3.82. The smallest absolute Gasteiger partial charge is 0.186 e. The fourth-order valence-corrected chi connectivity index (χ4v) is 5.34. The summed E-state index contributed by atoms with van der Waals surface area (Å²) in [5, 5.41) is 10.9. The monoisotopic (exact) mass is 417 g/mol.